The molecule has 4 rings (SSSR count). The van der Waals surface area contributed by atoms with Crippen LogP contribution in [0.1, 0.15) is 94.8 Å². The summed E-state index contributed by atoms with van der Waals surface area (Å²) in [5.74, 6) is 2.18. The van der Waals surface area contributed by atoms with Gasteiger partial charge in [0.25, 0.3) is 0 Å². The summed E-state index contributed by atoms with van der Waals surface area (Å²) in [6.45, 7) is 15.0. The molecule has 1 N–H and O–H groups in total. The van der Waals surface area contributed by atoms with Gasteiger partial charge in [0, 0.05) is 25.8 Å². The van der Waals surface area contributed by atoms with Gasteiger partial charge in [-0.05, 0) is 97.2 Å². The number of hydrogen-bond donors (Lipinski definition) is 1. The topological polar surface area (TPSA) is 52.5 Å². The van der Waals surface area contributed by atoms with E-state index in [1.807, 2.05) is 33.9 Å². The molecule has 1 atom stereocenters. The number of allylic oxidation sites excluding steroid dienone is 2. The van der Waals surface area contributed by atoms with Gasteiger partial charge in [-0.15, -0.1) is 0 Å². The van der Waals surface area contributed by atoms with Gasteiger partial charge in [0.05, 0.1) is 23.1 Å². The number of hydrogen-bond acceptors (Lipinski definition) is 6. The lowest BCUT2D eigenvalue weighted by Gasteiger charge is -2.32. The average molecular weight is 538 g/mol. The SMILES string of the molecule is CC.CC.CCN(C)CCCNC1=CCC=Cc2nc(CN(C)[C@H]3CCCc4cccnc43)c(CN(C)C)n21. The van der Waals surface area contributed by atoms with Crippen LogP contribution in [0.2, 0.25) is 0 Å². The molecule has 7 nitrogen and oxygen atoms in total. The highest BCUT2D eigenvalue weighted by Gasteiger charge is 2.27. The van der Waals surface area contributed by atoms with Gasteiger partial charge < -0.3 is 15.1 Å². The van der Waals surface area contributed by atoms with Crippen molar-refractivity contribution in [3.8, 4) is 0 Å². The molecule has 0 aromatic carbocycles. The molecule has 1 aliphatic carbocycles. The summed E-state index contributed by atoms with van der Waals surface area (Å²) in [7, 11) is 8.69. The minimum Gasteiger partial charge on any atom is -0.371 e. The number of aromatic nitrogens is 3. The maximum absolute atomic E-state index is 5.17. The zero-order valence-electron chi connectivity index (χ0n) is 26.3. The summed E-state index contributed by atoms with van der Waals surface area (Å²) in [4.78, 5) is 17.0. The molecule has 0 saturated carbocycles. The van der Waals surface area contributed by atoms with E-state index in [1.54, 1.807) is 0 Å². The predicted molar refractivity (Wildman–Crippen MR) is 167 cm³/mol. The lowest BCUT2D eigenvalue weighted by molar-refractivity contribution is 0.205. The highest BCUT2D eigenvalue weighted by molar-refractivity contribution is 5.58. The van der Waals surface area contributed by atoms with Crippen LogP contribution in [0.4, 0.5) is 0 Å². The van der Waals surface area contributed by atoms with E-state index in [4.69, 9.17) is 9.97 Å². The van der Waals surface area contributed by atoms with Crippen LogP contribution in [0, 0.1) is 0 Å². The highest BCUT2D eigenvalue weighted by atomic mass is 15.2. The second kappa shape index (κ2) is 17.3. The Morgan fingerprint density at radius 1 is 1.08 bits per heavy atom. The molecule has 39 heavy (non-hydrogen) atoms. The second-order valence-corrected chi connectivity index (χ2v) is 10.2. The predicted octanol–water partition coefficient (Wildman–Crippen LogP) is 6.05. The molecule has 2 aliphatic rings. The Morgan fingerprint density at radius 3 is 2.56 bits per heavy atom. The number of nitrogens with one attached hydrogen (secondary N) is 1. The van der Waals surface area contributed by atoms with Crippen molar-refractivity contribution >= 4 is 11.9 Å². The fraction of sp³-hybridized carbons (Fsp3) is 0.625. The van der Waals surface area contributed by atoms with E-state index in [2.05, 4.69) is 90.1 Å². The lowest BCUT2D eigenvalue weighted by Crippen LogP contribution is -2.29. The van der Waals surface area contributed by atoms with Gasteiger partial charge in [0.1, 0.15) is 11.6 Å². The minimum absolute atomic E-state index is 0.341. The van der Waals surface area contributed by atoms with E-state index in [1.165, 1.54) is 23.4 Å². The van der Waals surface area contributed by atoms with Gasteiger partial charge in [-0.25, -0.2) is 4.98 Å². The number of imidazole rings is 1. The first-order valence-electron chi connectivity index (χ1n) is 15.2. The summed E-state index contributed by atoms with van der Waals surface area (Å²) in [5, 5.41) is 3.73. The van der Waals surface area contributed by atoms with Crippen molar-refractivity contribution in [1.29, 1.82) is 0 Å². The Kier molecular flexibility index (Phi) is 14.5. The van der Waals surface area contributed by atoms with E-state index < -0.39 is 0 Å². The van der Waals surface area contributed by atoms with Crippen LogP contribution >= 0.6 is 0 Å². The van der Waals surface area contributed by atoms with E-state index in [0.717, 1.165) is 75.7 Å². The van der Waals surface area contributed by atoms with Gasteiger partial charge >= 0.3 is 0 Å². The van der Waals surface area contributed by atoms with E-state index in [9.17, 15) is 0 Å². The summed E-state index contributed by atoms with van der Waals surface area (Å²) in [6, 6.07) is 4.65. The Bertz CT molecular complexity index is 1040. The molecule has 0 radical (unpaired) electrons. The largest absolute Gasteiger partial charge is 0.371 e. The third-order valence-corrected chi connectivity index (χ3v) is 7.16. The second-order valence-electron chi connectivity index (χ2n) is 10.2. The quantitative estimate of drug-likeness (QED) is 0.352. The van der Waals surface area contributed by atoms with Crippen LogP contribution in [0.25, 0.3) is 11.9 Å². The summed E-state index contributed by atoms with van der Waals surface area (Å²) >= 11 is 0. The summed E-state index contributed by atoms with van der Waals surface area (Å²) in [6.07, 6.45) is 14.2. The third-order valence-electron chi connectivity index (χ3n) is 7.16. The number of pyridine rings is 1. The molecule has 218 valence electrons. The van der Waals surface area contributed by atoms with Crippen molar-refractivity contribution in [3.05, 3.63) is 59.0 Å². The van der Waals surface area contributed by atoms with Gasteiger partial charge in [-0.1, -0.05) is 46.8 Å². The molecule has 0 fully saturated rings. The van der Waals surface area contributed by atoms with Gasteiger partial charge in [-0.2, -0.15) is 0 Å². The zero-order chi connectivity index (χ0) is 28.8. The number of nitrogens with zero attached hydrogens (tertiary/aromatic N) is 6. The first-order chi connectivity index (χ1) is 19.0. The van der Waals surface area contributed by atoms with E-state index in [-0.39, 0.29) is 0 Å². The molecule has 2 aromatic heterocycles. The third kappa shape index (κ3) is 9.02. The Hall–Kier alpha value is -2.48. The van der Waals surface area contributed by atoms with Crippen molar-refractivity contribution in [3.63, 3.8) is 0 Å². The van der Waals surface area contributed by atoms with Crippen LogP contribution in [0.15, 0.2) is 30.5 Å². The molecule has 2 aromatic rings. The maximum Gasteiger partial charge on any atom is 0.138 e. The lowest BCUT2D eigenvalue weighted by atomic mass is 9.91. The van der Waals surface area contributed by atoms with Gasteiger partial charge in [0.2, 0.25) is 0 Å². The fourth-order valence-corrected chi connectivity index (χ4v) is 5.17. The normalized spacial score (nSPS) is 16.0. The van der Waals surface area contributed by atoms with Crippen molar-refractivity contribution in [2.24, 2.45) is 0 Å². The molecule has 0 unspecified atom stereocenters. The maximum atomic E-state index is 5.17. The standard InChI is InChI=1S/C28H43N7.2C2H6/c1-6-33(4)19-11-18-29-26-15-7-8-16-27-31-23(25(35(26)27)21-32(2)3)20-34(5)24-14-9-12-22-13-10-17-30-28(22)24;2*1-2/h8,10,13,15-17,24,29H,6-7,9,11-12,14,18-21H2,1-5H3;2*1-2H3/t24-;;/m0../s1. The van der Waals surface area contributed by atoms with Crippen molar-refractivity contribution < 1.29 is 0 Å². The summed E-state index contributed by atoms with van der Waals surface area (Å²) in [5.41, 5.74) is 5.07. The molecule has 0 bridgehead atoms. The molecule has 0 spiro atoms. The van der Waals surface area contributed by atoms with Gasteiger partial charge in [-0.3, -0.25) is 14.5 Å². The van der Waals surface area contributed by atoms with Crippen molar-refractivity contribution in [2.75, 3.05) is 47.8 Å². The van der Waals surface area contributed by atoms with Crippen LogP contribution in [-0.2, 0) is 19.5 Å². The Balaban J connectivity index is 0.00000127. The fourth-order valence-electron chi connectivity index (χ4n) is 5.17. The van der Waals surface area contributed by atoms with Gasteiger partial charge in [0.15, 0.2) is 0 Å². The molecular weight excluding hydrogens is 482 g/mol. The Labute approximate surface area is 239 Å². The first-order valence-corrected chi connectivity index (χ1v) is 15.2. The van der Waals surface area contributed by atoms with Crippen molar-refractivity contribution in [1.82, 2.24) is 34.6 Å². The smallest absolute Gasteiger partial charge is 0.138 e. The zero-order valence-corrected chi connectivity index (χ0v) is 26.3. The molecule has 7 heteroatoms. The molecule has 1 aliphatic heterocycles. The number of rotatable bonds is 11. The van der Waals surface area contributed by atoms with E-state index in [0.29, 0.717) is 6.04 Å². The van der Waals surface area contributed by atoms with Crippen LogP contribution < -0.4 is 5.32 Å². The van der Waals surface area contributed by atoms with E-state index >= 15 is 0 Å². The minimum atomic E-state index is 0.341. The molecule has 3 heterocycles. The monoisotopic (exact) mass is 537 g/mol. The van der Waals surface area contributed by atoms with Crippen LogP contribution in [0.3, 0.4) is 0 Å². The molecule has 0 amide bonds. The summed E-state index contributed by atoms with van der Waals surface area (Å²) < 4.78 is 2.35. The first kappa shape index (κ1) is 32.7. The highest BCUT2D eigenvalue weighted by Crippen LogP contribution is 2.33. The van der Waals surface area contributed by atoms with Crippen LogP contribution in [0.5, 0.6) is 0 Å². The number of fused-ring (bicyclic) bond motifs is 2. The van der Waals surface area contributed by atoms with Crippen LogP contribution in [-0.4, -0.2) is 77.1 Å². The molecule has 0 saturated heterocycles. The average Bonchev–Trinajstić information content (AvgIpc) is 3.15. The molecular formula is C32H55N7. The Morgan fingerprint density at radius 2 is 1.85 bits per heavy atom. The van der Waals surface area contributed by atoms with Crippen molar-refractivity contribution in [2.45, 2.75) is 85.9 Å². The number of aryl methyl sites for hydroxylation is 1.